The Hall–Kier alpha value is -3.74. The second-order valence-electron chi connectivity index (χ2n) is 14.1. The zero-order valence-electron chi connectivity index (χ0n) is 26.9. The molecule has 10 nitrogen and oxygen atoms in total. The minimum Gasteiger partial charge on any atom is -0.461 e. The van der Waals surface area contributed by atoms with Crippen LogP contribution in [0.5, 0.6) is 6.01 Å². The van der Waals surface area contributed by atoms with Gasteiger partial charge in [0, 0.05) is 72.5 Å². The van der Waals surface area contributed by atoms with Crippen LogP contribution in [0.15, 0.2) is 12.1 Å². The predicted octanol–water partition coefficient (Wildman–Crippen LogP) is 4.87. The van der Waals surface area contributed by atoms with Crippen LogP contribution in [0, 0.1) is 23.0 Å². The minimum absolute atomic E-state index is 0.00334. The van der Waals surface area contributed by atoms with E-state index in [1.807, 2.05) is 0 Å². The lowest BCUT2D eigenvalue weighted by molar-refractivity contribution is 0.103. The van der Waals surface area contributed by atoms with E-state index < -0.39 is 23.3 Å². The third-order valence-corrected chi connectivity index (χ3v) is 12.3. The van der Waals surface area contributed by atoms with Crippen LogP contribution < -0.4 is 15.4 Å². The summed E-state index contributed by atoms with van der Waals surface area (Å²) in [6.07, 6.45) is 2.82. The Kier molecular flexibility index (Phi) is 7.44. The first-order valence-corrected chi connectivity index (χ1v) is 17.8. The van der Waals surface area contributed by atoms with Gasteiger partial charge in [0.2, 0.25) is 0 Å². The molecule has 4 fully saturated rings. The molecular weight excluding hydrogens is 655 g/mol. The maximum Gasteiger partial charge on any atom is 0.319 e. The highest BCUT2D eigenvalue weighted by atomic mass is 32.1. The van der Waals surface area contributed by atoms with Crippen molar-refractivity contribution in [2.24, 2.45) is 0 Å². The van der Waals surface area contributed by atoms with Crippen molar-refractivity contribution in [1.29, 1.82) is 5.26 Å². The lowest BCUT2D eigenvalue weighted by Gasteiger charge is -2.57. The van der Waals surface area contributed by atoms with E-state index in [-0.39, 0.29) is 77.1 Å². The number of ether oxygens (including phenoxy) is 2. The number of hydrogen-bond acceptors (Lipinski definition) is 11. The standard InChI is InChI=1S/C35H36F3N7O3S/c36-18-10-35(5-1-7-44(35)12-18)17-48-34-41-31-28(33(42-34)45-19-9-20(45)14-43(13-19)6-2-8-46)23-16-47-15-22(23)27(30(31)38)29-24(37)3-4-25-26(29)21(11-39)32(40)49-25/h3-4,18-20,46H,1-2,5-10,12-17,40H2/t18?,19?,20?,35-/m0/s1. The van der Waals surface area contributed by atoms with Gasteiger partial charge in [0.25, 0.3) is 0 Å². The fraction of sp³-hybridized carbons (Fsp3) is 0.514. The molecule has 7 heterocycles. The number of rotatable bonds is 8. The predicted molar refractivity (Wildman–Crippen MR) is 179 cm³/mol. The van der Waals surface area contributed by atoms with Crippen LogP contribution in [-0.2, 0) is 18.0 Å². The zero-order chi connectivity index (χ0) is 33.6. The third-order valence-electron chi connectivity index (χ3n) is 11.3. The van der Waals surface area contributed by atoms with E-state index in [9.17, 15) is 14.8 Å². The maximum absolute atomic E-state index is 17.4. The molecule has 0 spiro atoms. The van der Waals surface area contributed by atoms with Crippen molar-refractivity contribution in [3.8, 4) is 23.2 Å². The van der Waals surface area contributed by atoms with Gasteiger partial charge >= 0.3 is 6.01 Å². The molecule has 3 unspecified atom stereocenters. The number of fused-ring (bicyclic) bond motifs is 7. The van der Waals surface area contributed by atoms with Gasteiger partial charge in [-0.3, -0.25) is 9.80 Å². The number of anilines is 2. The van der Waals surface area contributed by atoms with Crippen molar-refractivity contribution in [2.45, 2.75) is 69.1 Å². The first-order chi connectivity index (χ1) is 23.8. The summed E-state index contributed by atoms with van der Waals surface area (Å²) in [4.78, 5) is 16.4. The number of piperazine rings is 1. The Morgan fingerprint density at radius 2 is 1.94 bits per heavy atom. The average Bonchev–Trinajstić information content (AvgIpc) is 3.86. The third kappa shape index (κ3) is 4.73. The molecule has 0 aliphatic carbocycles. The normalized spacial score (nSPS) is 26.3. The van der Waals surface area contributed by atoms with E-state index in [0.717, 1.165) is 56.8 Å². The number of aromatic nitrogens is 2. The molecule has 14 heteroatoms. The van der Waals surface area contributed by atoms with Crippen molar-refractivity contribution in [2.75, 3.05) is 56.6 Å². The monoisotopic (exact) mass is 691 g/mol. The molecule has 49 heavy (non-hydrogen) atoms. The van der Waals surface area contributed by atoms with Gasteiger partial charge in [-0.2, -0.15) is 15.2 Å². The first kappa shape index (κ1) is 31.3. The van der Waals surface area contributed by atoms with E-state index in [2.05, 4.69) is 25.8 Å². The summed E-state index contributed by atoms with van der Waals surface area (Å²) >= 11 is 1.16. The topological polar surface area (TPSA) is 124 Å². The molecule has 4 saturated heterocycles. The quantitative estimate of drug-likeness (QED) is 0.265. The largest absolute Gasteiger partial charge is 0.461 e. The number of aliphatic hydroxyl groups excluding tert-OH is 1. The summed E-state index contributed by atoms with van der Waals surface area (Å²) in [5.41, 5.74) is 6.97. The van der Waals surface area contributed by atoms with E-state index in [1.165, 1.54) is 6.07 Å². The summed E-state index contributed by atoms with van der Waals surface area (Å²) in [5, 5.41) is 20.4. The maximum atomic E-state index is 17.4. The number of nitriles is 1. The van der Waals surface area contributed by atoms with E-state index in [0.29, 0.717) is 46.4 Å². The van der Waals surface area contributed by atoms with Gasteiger partial charge in [0.05, 0.1) is 29.7 Å². The van der Waals surface area contributed by atoms with Gasteiger partial charge in [-0.1, -0.05) is 0 Å². The number of aliphatic hydroxyl groups is 1. The minimum atomic E-state index is -0.934. The second-order valence-corrected chi connectivity index (χ2v) is 15.2. The SMILES string of the molecule is N#Cc1c(N)sc2ccc(F)c(-c3c4c(c5c(N6C7CC6CN(CCCO)C7)nc(OC[C@@]67CCCN6CC(F)C7)nc5c3F)COC4)c12. The molecule has 0 radical (unpaired) electrons. The molecular formula is C35H36F3N7O3S. The number of nitrogens with two attached hydrogens (primary N) is 1. The van der Waals surface area contributed by atoms with Crippen molar-refractivity contribution in [1.82, 2.24) is 19.8 Å². The number of benzene rings is 2. The Bertz CT molecular complexity index is 2040. The molecule has 0 amide bonds. The molecule has 3 N–H and O–H groups in total. The number of piperidine rings is 1. The molecule has 9 rings (SSSR count). The Balaban J connectivity index is 1.22. The average molecular weight is 692 g/mol. The van der Waals surface area contributed by atoms with Crippen molar-refractivity contribution in [3.05, 3.63) is 40.5 Å². The summed E-state index contributed by atoms with van der Waals surface area (Å²) in [7, 11) is 0. The Morgan fingerprint density at radius 3 is 2.73 bits per heavy atom. The fourth-order valence-corrected chi connectivity index (χ4v) is 10.1. The molecule has 0 saturated carbocycles. The Morgan fingerprint density at radius 1 is 1.12 bits per heavy atom. The smallest absolute Gasteiger partial charge is 0.319 e. The molecule has 2 aromatic heterocycles. The molecule has 5 aliphatic rings. The number of alkyl halides is 1. The van der Waals surface area contributed by atoms with Crippen molar-refractivity contribution >= 4 is 43.1 Å². The van der Waals surface area contributed by atoms with Crippen LogP contribution >= 0.6 is 11.3 Å². The molecule has 4 aromatic rings. The van der Waals surface area contributed by atoms with Gasteiger partial charge in [-0.25, -0.2) is 13.2 Å². The Labute approximate surface area is 284 Å². The molecule has 256 valence electrons. The van der Waals surface area contributed by atoms with E-state index >= 15 is 8.78 Å². The number of thiophene rings is 1. The number of nitrogen functional groups attached to an aromatic ring is 1. The van der Waals surface area contributed by atoms with E-state index in [1.54, 1.807) is 6.07 Å². The second kappa shape index (κ2) is 11.7. The summed E-state index contributed by atoms with van der Waals surface area (Å²) < 4.78 is 60.9. The number of likely N-dealkylation sites (tertiary alicyclic amines) is 1. The summed E-state index contributed by atoms with van der Waals surface area (Å²) in [6, 6.07) is 5.16. The lowest BCUT2D eigenvalue weighted by Crippen LogP contribution is -2.69. The first-order valence-electron chi connectivity index (χ1n) is 17.0. The van der Waals surface area contributed by atoms with Crippen molar-refractivity contribution < 1.29 is 27.8 Å². The van der Waals surface area contributed by atoms with Gasteiger partial charge in [0.15, 0.2) is 5.82 Å². The van der Waals surface area contributed by atoms with Crippen LogP contribution in [0.4, 0.5) is 24.0 Å². The number of nitrogens with zero attached hydrogens (tertiary/aromatic N) is 6. The van der Waals surface area contributed by atoms with Gasteiger partial charge < -0.3 is 25.2 Å². The van der Waals surface area contributed by atoms with Crippen molar-refractivity contribution in [3.63, 3.8) is 0 Å². The van der Waals surface area contributed by atoms with Gasteiger partial charge in [-0.15, -0.1) is 11.3 Å². The van der Waals surface area contributed by atoms with Gasteiger partial charge in [-0.05, 0) is 55.5 Å². The molecule has 5 aliphatic heterocycles. The molecule has 2 bridgehead atoms. The number of halogens is 3. The fourth-order valence-electron chi connectivity index (χ4n) is 9.21. The van der Waals surface area contributed by atoms with Crippen LogP contribution in [0.1, 0.15) is 48.8 Å². The van der Waals surface area contributed by atoms with E-state index in [4.69, 9.17) is 20.2 Å². The van der Waals surface area contributed by atoms with Crippen LogP contribution in [0.2, 0.25) is 0 Å². The summed E-state index contributed by atoms with van der Waals surface area (Å²) in [5.74, 6) is -0.863. The zero-order valence-corrected chi connectivity index (χ0v) is 27.7. The summed E-state index contributed by atoms with van der Waals surface area (Å²) in [6.45, 7) is 4.03. The molecule has 4 atom stereocenters. The highest BCUT2D eigenvalue weighted by Gasteiger charge is 2.50. The van der Waals surface area contributed by atoms with Crippen LogP contribution in [0.25, 0.3) is 32.1 Å². The number of hydrogen-bond donors (Lipinski definition) is 2. The van der Waals surface area contributed by atoms with Crippen LogP contribution in [-0.4, -0.2) is 94.6 Å². The highest BCUT2D eigenvalue weighted by Crippen LogP contribution is 2.50. The van der Waals surface area contributed by atoms with Gasteiger partial charge in [0.1, 0.15) is 41.0 Å². The lowest BCUT2D eigenvalue weighted by atomic mass is 9.85. The highest BCUT2D eigenvalue weighted by molar-refractivity contribution is 7.23. The van der Waals surface area contributed by atoms with Crippen LogP contribution in [0.3, 0.4) is 0 Å². The molecule has 2 aromatic carbocycles.